The largest absolute Gasteiger partial charge is 0.395 e. The van der Waals surface area contributed by atoms with E-state index >= 15 is 0 Å². The fourth-order valence-electron chi connectivity index (χ4n) is 2.89. The third kappa shape index (κ3) is 2.94. The van der Waals surface area contributed by atoms with Crippen LogP contribution in [0, 0.1) is 5.92 Å². The highest BCUT2D eigenvalue weighted by molar-refractivity contribution is 4.84. The van der Waals surface area contributed by atoms with Gasteiger partial charge < -0.3 is 14.7 Å². The molecule has 4 nitrogen and oxygen atoms in total. The van der Waals surface area contributed by atoms with E-state index in [2.05, 4.69) is 16.8 Å². The van der Waals surface area contributed by atoms with Crippen molar-refractivity contribution in [3.05, 3.63) is 0 Å². The predicted molar refractivity (Wildman–Crippen MR) is 63.5 cm³/mol. The summed E-state index contributed by atoms with van der Waals surface area (Å²) in [4.78, 5) is 4.80. The Kier molecular flexibility index (Phi) is 4.58. The Hall–Kier alpha value is -0.160. The quantitative estimate of drug-likeness (QED) is 0.739. The predicted octanol–water partition coefficient (Wildman–Crippen LogP) is 0.0213. The first-order chi connectivity index (χ1) is 7.81. The van der Waals surface area contributed by atoms with Gasteiger partial charge in [-0.1, -0.05) is 0 Å². The summed E-state index contributed by atoms with van der Waals surface area (Å²) < 4.78 is 5.37. The lowest BCUT2D eigenvalue weighted by Gasteiger charge is -2.41. The highest BCUT2D eigenvalue weighted by atomic mass is 16.5. The lowest BCUT2D eigenvalue weighted by Crippen LogP contribution is -2.51. The van der Waals surface area contributed by atoms with Crippen LogP contribution in [0.15, 0.2) is 0 Å². The van der Waals surface area contributed by atoms with E-state index in [9.17, 15) is 5.11 Å². The van der Waals surface area contributed by atoms with Gasteiger partial charge in [-0.15, -0.1) is 0 Å². The van der Waals surface area contributed by atoms with Gasteiger partial charge in [0, 0.05) is 19.1 Å². The summed E-state index contributed by atoms with van der Waals surface area (Å²) in [6.07, 6.45) is 2.44. The minimum Gasteiger partial charge on any atom is -0.395 e. The minimum absolute atomic E-state index is 0.300. The molecule has 94 valence electrons. The van der Waals surface area contributed by atoms with Crippen LogP contribution in [0.25, 0.3) is 0 Å². The minimum atomic E-state index is 0.300. The topological polar surface area (TPSA) is 35.9 Å². The van der Waals surface area contributed by atoms with Crippen molar-refractivity contribution in [1.82, 2.24) is 9.80 Å². The van der Waals surface area contributed by atoms with Crippen molar-refractivity contribution in [2.45, 2.75) is 18.9 Å². The molecule has 1 atom stereocenters. The molecule has 0 radical (unpaired) electrons. The average molecular weight is 228 g/mol. The van der Waals surface area contributed by atoms with Gasteiger partial charge in [-0.05, 0) is 38.9 Å². The van der Waals surface area contributed by atoms with Gasteiger partial charge in [0.1, 0.15) is 0 Å². The number of hydrogen-bond acceptors (Lipinski definition) is 4. The summed E-state index contributed by atoms with van der Waals surface area (Å²) in [6.45, 7) is 6.26. The number of rotatable bonds is 3. The first-order valence-electron chi connectivity index (χ1n) is 6.42. The van der Waals surface area contributed by atoms with Crippen molar-refractivity contribution in [2.24, 2.45) is 5.92 Å². The number of ether oxygens (including phenoxy) is 1. The van der Waals surface area contributed by atoms with Crippen LogP contribution in [0.2, 0.25) is 0 Å². The van der Waals surface area contributed by atoms with E-state index in [0.717, 1.165) is 26.3 Å². The van der Waals surface area contributed by atoms with Gasteiger partial charge >= 0.3 is 0 Å². The van der Waals surface area contributed by atoms with Gasteiger partial charge in [-0.2, -0.15) is 0 Å². The molecular formula is C12H24N2O2. The summed E-state index contributed by atoms with van der Waals surface area (Å²) in [5.74, 6) is 0.666. The molecule has 0 amide bonds. The Labute approximate surface area is 98.2 Å². The number of aliphatic hydroxyl groups excluding tert-OH is 1. The molecule has 2 aliphatic heterocycles. The van der Waals surface area contributed by atoms with Crippen LogP contribution in [-0.4, -0.2) is 74.0 Å². The molecule has 0 aromatic carbocycles. The number of aliphatic hydroxyl groups is 1. The van der Waals surface area contributed by atoms with E-state index in [0.29, 0.717) is 18.6 Å². The molecule has 2 heterocycles. The van der Waals surface area contributed by atoms with Crippen molar-refractivity contribution in [1.29, 1.82) is 0 Å². The number of morpholine rings is 1. The van der Waals surface area contributed by atoms with E-state index in [-0.39, 0.29) is 0 Å². The Morgan fingerprint density at radius 1 is 1.19 bits per heavy atom. The number of hydrogen-bond donors (Lipinski definition) is 1. The fraction of sp³-hybridized carbons (Fsp3) is 1.00. The summed E-state index contributed by atoms with van der Waals surface area (Å²) in [5.41, 5.74) is 0. The van der Waals surface area contributed by atoms with E-state index in [1.54, 1.807) is 0 Å². The lowest BCUT2D eigenvalue weighted by molar-refractivity contribution is -0.0219. The molecule has 1 unspecified atom stereocenters. The normalized spacial score (nSPS) is 28.1. The first kappa shape index (κ1) is 12.3. The Bertz CT molecular complexity index is 199. The van der Waals surface area contributed by atoms with Gasteiger partial charge in [0.15, 0.2) is 0 Å². The fourth-order valence-corrected chi connectivity index (χ4v) is 2.89. The van der Waals surface area contributed by atoms with Gasteiger partial charge in [0.2, 0.25) is 0 Å². The van der Waals surface area contributed by atoms with Crippen LogP contribution in [0.4, 0.5) is 0 Å². The Morgan fingerprint density at radius 2 is 1.81 bits per heavy atom. The van der Waals surface area contributed by atoms with E-state index < -0.39 is 0 Å². The Morgan fingerprint density at radius 3 is 2.38 bits per heavy atom. The summed E-state index contributed by atoms with van der Waals surface area (Å²) in [6, 6.07) is 0.359. The van der Waals surface area contributed by atoms with Crippen LogP contribution >= 0.6 is 0 Å². The second-order valence-corrected chi connectivity index (χ2v) is 5.04. The van der Waals surface area contributed by atoms with Crippen molar-refractivity contribution in [3.63, 3.8) is 0 Å². The third-order valence-corrected chi connectivity index (χ3v) is 4.01. The molecule has 2 saturated heterocycles. The summed E-state index contributed by atoms with van der Waals surface area (Å²) in [5, 5.41) is 9.60. The number of nitrogens with zero attached hydrogens (tertiary/aromatic N) is 2. The summed E-state index contributed by atoms with van der Waals surface area (Å²) in [7, 11) is 2.18. The van der Waals surface area contributed by atoms with Crippen molar-refractivity contribution in [3.8, 4) is 0 Å². The molecule has 0 spiro atoms. The summed E-state index contributed by atoms with van der Waals surface area (Å²) >= 11 is 0. The standard InChI is InChI=1S/C12H24N2O2/c1-13-4-2-11(3-5-13)12(10-15)14-6-8-16-9-7-14/h11-12,15H,2-10H2,1H3. The molecule has 4 heteroatoms. The highest BCUT2D eigenvalue weighted by Crippen LogP contribution is 2.23. The number of likely N-dealkylation sites (tertiary alicyclic amines) is 1. The first-order valence-corrected chi connectivity index (χ1v) is 6.42. The van der Waals surface area contributed by atoms with Crippen molar-refractivity contribution in [2.75, 3.05) is 53.0 Å². The third-order valence-electron chi connectivity index (χ3n) is 4.01. The number of piperidine rings is 1. The SMILES string of the molecule is CN1CCC(C(CO)N2CCOCC2)CC1. The molecule has 0 aromatic rings. The highest BCUT2D eigenvalue weighted by Gasteiger charge is 2.30. The molecule has 2 rings (SSSR count). The molecule has 1 N–H and O–H groups in total. The van der Waals surface area contributed by atoms with Crippen LogP contribution < -0.4 is 0 Å². The maximum absolute atomic E-state index is 9.60. The maximum atomic E-state index is 9.60. The molecule has 0 aliphatic carbocycles. The zero-order chi connectivity index (χ0) is 11.4. The van der Waals surface area contributed by atoms with Crippen LogP contribution in [0.5, 0.6) is 0 Å². The zero-order valence-electron chi connectivity index (χ0n) is 10.3. The second kappa shape index (κ2) is 5.96. The van der Waals surface area contributed by atoms with Gasteiger partial charge in [0.25, 0.3) is 0 Å². The lowest BCUT2D eigenvalue weighted by atomic mass is 9.88. The van der Waals surface area contributed by atoms with E-state index in [4.69, 9.17) is 4.74 Å². The second-order valence-electron chi connectivity index (χ2n) is 5.04. The van der Waals surface area contributed by atoms with Crippen LogP contribution in [-0.2, 0) is 4.74 Å². The van der Waals surface area contributed by atoms with E-state index in [1.807, 2.05) is 0 Å². The molecule has 2 fully saturated rings. The Balaban J connectivity index is 1.88. The van der Waals surface area contributed by atoms with Crippen LogP contribution in [0.3, 0.4) is 0 Å². The molecule has 0 bridgehead atoms. The molecule has 16 heavy (non-hydrogen) atoms. The van der Waals surface area contributed by atoms with Gasteiger partial charge in [-0.25, -0.2) is 0 Å². The van der Waals surface area contributed by atoms with Gasteiger partial charge in [0.05, 0.1) is 19.8 Å². The molecule has 2 aliphatic rings. The monoisotopic (exact) mass is 228 g/mol. The smallest absolute Gasteiger partial charge is 0.0594 e. The molecule has 0 saturated carbocycles. The zero-order valence-corrected chi connectivity index (χ0v) is 10.3. The molecular weight excluding hydrogens is 204 g/mol. The van der Waals surface area contributed by atoms with E-state index in [1.165, 1.54) is 25.9 Å². The van der Waals surface area contributed by atoms with Crippen molar-refractivity contribution >= 4 is 0 Å². The van der Waals surface area contributed by atoms with Gasteiger partial charge in [-0.3, -0.25) is 4.90 Å². The average Bonchev–Trinajstić information content (AvgIpc) is 2.34. The molecule has 0 aromatic heterocycles. The maximum Gasteiger partial charge on any atom is 0.0594 e. The van der Waals surface area contributed by atoms with Crippen LogP contribution in [0.1, 0.15) is 12.8 Å². The van der Waals surface area contributed by atoms with Crippen molar-refractivity contribution < 1.29 is 9.84 Å².